The van der Waals surface area contributed by atoms with E-state index in [4.69, 9.17) is 0 Å². The van der Waals surface area contributed by atoms with Gasteiger partial charge in [-0.3, -0.25) is 14.4 Å². The third-order valence-electron chi connectivity index (χ3n) is 6.47. The van der Waals surface area contributed by atoms with Crippen LogP contribution in [0.3, 0.4) is 0 Å². The molecule has 0 aliphatic carbocycles. The van der Waals surface area contributed by atoms with E-state index in [1.807, 2.05) is 20.8 Å². The number of carbonyl (C=O) groups is 4. The largest absolute Gasteiger partial charge is 0.477 e. The zero-order valence-corrected chi connectivity index (χ0v) is 19.0. The van der Waals surface area contributed by atoms with Crippen molar-refractivity contribution >= 4 is 35.3 Å². The highest BCUT2D eigenvalue weighted by Gasteiger charge is 2.60. The fraction of sp³-hybridized carbons (Fsp3) is 0.714. The van der Waals surface area contributed by atoms with Crippen LogP contribution in [0.1, 0.15) is 40.0 Å². The van der Waals surface area contributed by atoms with Gasteiger partial charge in [-0.25, -0.2) is 4.79 Å². The molecule has 0 saturated carbocycles. The number of Topliss-reactive ketones (excluding diaryl/α,β-unsaturated/α-hetero) is 1. The van der Waals surface area contributed by atoms with Gasteiger partial charge in [-0.2, -0.15) is 0 Å². The van der Waals surface area contributed by atoms with Crippen molar-refractivity contribution in [2.24, 2.45) is 17.8 Å². The van der Waals surface area contributed by atoms with Crippen molar-refractivity contribution in [3.05, 3.63) is 10.6 Å². The standard InChI is InChI=1S/C21H31N3O5S/c1-6-12(25)7-10(2)15-16-11(3)18(17(21(28)29)24(16)20(15)27)30-13-8-14(22-9-13)19(26)23(4)5/h10-11,13-16,22H,6-9H2,1-5H3,(H,28,29)/t10-,11+,13-,14-,15+,16+/m0/s1. The Hall–Kier alpha value is -1.87. The zero-order chi connectivity index (χ0) is 22.3. The summed E-state index contributed by atoms with van der Waals surface area (Å²) in [5.74, 6) is -1.70. The van der Waals surface area contributed by atoms with E-state index < -0.39 is 5.97 Å². The summed E-state index contributed by atoms with van der Waals surface area (Å²) in [6.07, 6.45) is 1.40. The molecule has 166 valence electrons. The van der Waals surface area contributed by atoms with Crippen molar-refractivity contribution in [2.45, 2.75) is 57.4 Å². The molecule has 2 amide bonds. The maximum Gasteiger partial charge on any atom is 0.353 e. The van der Waals surface area contributed by atoms with Crippen molar-refractivity contribution < 1.29 is 24.3 Å². The lowest BCUT2D eigenvalue weighted by Gasteiger charge is -2.47. The monoisotopic (exact) mass is 437 g/mol. The van der Waals surface area contributed by atoms with Gasteiger partial charge in [-0.15, -0.1) is 11.8 Å². The second-order valence-corrected chi connectivity index (χ2v) is 10.1. The SMILES string of the molecule is CCC(=O)C[C@H](C)[C@H]1C(=O)N2C(C(=O)O)=C(S[C@@H]3CN[C@H](C(=O)N(C)C)C3)[C@H](C)[C@H]12. The van der Waals surface area contributed by atoms with Crippen LogP contribution in [0.25, 0.3) is 0 Å². The second-order valence-electron chi connectivity index (χ2n) is 8.77. The highest BCUT2D eigenvalue weighted by molar-refractivity contribution is 8.03. The molecule has 0 aromatic heterocycles. The molecule has 8 nitrogen and oxygen atoms in total. The predicted octanol–water partition coefficient (Wildman–Crippen LogP) is 1.32. The average molecular weight is 438 g/mol. The number of rotatable bonds is 8. The number of carboxylic acids is 1. The van der Waals surface area contributed by atoms with Gasteiger partial charge >= 0.3 is 5.97 Å². The molecule has 30 heavy (non-hydrogen) atoms. The number of hydrogen-bond acceptors (Lipinski definition) is 6. The molecule has 9 heteroatoms. The first-order chi connectivity index (χ1) is 14.1. The molecular weight excluding hydrogens is 406 g/mol. The van der Waals surface area contributed by atoms with Crippen molar-refractivity contribution in [2.75, 3.05) is 20.6 Å². The first kappa shape index (κ1) is 22.8. The van der Waals surface area contributed by atoms with Crippen molar-refractivity contribution in [1.82, 2.24) is 15.1 Å². The number of aliphatic carboxylic acids is 1. The molecule has 0 spiro atoms. The number of nitrogens with zero attached hydrogens (tertiary/aromatic N) is 2. The summed E-state index contributed by atoms with van der Waals surface area (Å²) in [5, 5.41) is 13.1. The van der Waals surface area contributed by atoms with Crippen LogP contribution in [-0.2, 0) is 19.2 Å². The number of carboxylic acid groups (broad SMARTS) is 1. The number of carbonyl (C=O) groups excluding carboxylic acids is 3. The minimum atomic E-state index is -1.09. The van der Waals surface area contributed by atoms with Gasteiger partial charge in [-0.05, 0) is 12.3 Å². The number of β-lactam (4-membered cyclic amide) rings is 1. The number of thioether (sulfide) groups is 1. The first-order valence-electron chi connectivity index (χ1n) is 10.5. The molecule has 0 aromatic carbocycles. The van der Waals surface area contributed by atoms with Crippen molar-refractivity contribution in [1.29, 1.82) is 0 Å². The number of likely N-dealkylation sites (N-methyl/N-ethyl adjacent to an activating group) is 1. The summed E-state index contributed by atoms with van der Waals surface area (Å²) < 4.78 is 0. The summed E-state index contributed by atoms with van der Waals surface area (Å²) >= 11 is 1.48. The Labute approximate surface area is 181 Å². The van der Waals surface area contributed by atoms with Crippen LogP contribution < -0.4 is 5.32 Å². The van der Waals surface area contributed by atoms with E-state index >= 15 is 0 Å². The molecular formula is C21H31N3O5S. The molecule has 0 radical (unpaired) electrons. The lowest BCUT2D eigenvalue weighted by Crippen LogP contribution is -2.62. The van der Waals surface area contributed by atoms with E-state index in [1.165, 1.54) is 16.7 Å². The summed E-state index contributed by atoms with van der Waals surface area (Å²) in [7, 11) is 3.44. The van der Waals surface area contributed by atoms with Crippen LogP contribution in [0.5, 0.6) is 0 Å². The van der Waals surface area contributed by atoms with E-state index in [2.05, 4.69) is 5.32 Å². The average Bonchev–Trinajstić information content (AvgIpc) is 3.23. The number of ketones is 1. The lowest BCUT2D eigenvalue weighted by molar-refractivity contribution is -0.160. The van der Waals surface area contributed by atoms with E-state index in [1.54, 1.807) is 19.0 Å². The van der Waals surface area contributed by atoms with Gasteiger partial charge in [0, 0.05) is 49.6 Å². The minimum absolute atomic E-state index is 0.0125. The lowest BCUT2D eigenvalue weighted by atomic mass is 9.73. The van der Waals surface area contributed by atoms with Crippen LogP contribution in [0.2, 0.25) is 0 Å². The van der Waals surface area contributed by atoms with Crippen LogP contribution >= 0.6 is 11.8 Å². The second kappa shape index (κ2) is 8.70. The van der Waals surface area contributed by atoms with Gasteiger partial charge in [0.25, 0.3) is 0 Å². The highest BCUT2D eigenvalue weighted by Crippen LogP contribution is 2.53. The normalized spacial score (nSPS) is 31.4. The third kappa shape index (κ3) is 3.89. The smallest absolute Gasteiger partial charge is 0.353 e. The molecule has 2 saturated heterocycles. The molecule has 0 unspecified atom stereocenters. The van der Waals surface area contributed by atoms with Crippen LogP contribution in [0.4, 0.5) is 0 Å². The summed E-state index contributed by atoms with van der Waals surface area (Å²) in [6, 6.07) is -0.478. The van der Waals surface area contributed by atoms with Gasteiger partial charge in [-0.1, -0.05) is 20.8 Å². The number of fused-ring (bicyclic) bond motifs is 1. The van der Waals surface area contributed by atoms with Gasteiger partial charge in [0.2, 0.25) is 11.8 Å². The first-order valence-corrected chi connectivity index (χ1v) is 11.4. The number of amides is 2. The fourth-order valence-corrected chi connectivity index (χ4v) is 6.35. The van der Waals surface area contributed by atoms with Gasteiger partial charge in [0.15, 0.2) is 0 Å². The van der Waals surface area contributed by atoms with Crippen molar-refractivity contribution in [3.8, 4) is 0 Å². The van der Waals surface area contributed by atoms with Gasteiger partial charge in [0.05, 0.1) is 18.0 Å². The maximum atomic E-state index is 12.9. The summed E-state index contributed by atoms with van der Waals surface area (Å²) in [5.41, 5.74) is 0.0788. The van der Waals surface area contributed by atoms with Gasteiger partial charge < -0.3 is 20.2 Å². The Bertz CT molecular complexity index is 796. The summed E-state index contributed by atoms with van der Waals surface area (Å²) in [4.78, 5) is 52.7. The molecule has 2 fully saturated rings. The maximum absolute atomic E-state index is 12.9. The van der Waals surface area contributed by atoms with E-state index in [0.717, 1.165) is 0 Å². The minimum Gasteiger partial charge on any atom is -0.477 e. The molecule has 2 N–H and O–H groups in total. The Morgan fingerprint density at radius 2 is 2.00 bits per heavy atom. The molecule has 3 aliphatic heterocycles. The van der Waals surface area contributed by atoms with E-state index in [9.17, 15) is 24.3 Å². The summed E-state index contributed by atoms with van der Waals surface area (Å²) in [6.45, 7) is 6.30. The fourth-order valence-electron chi connectivity index (χ4n) is 4.87. The highest BCUT2D eigenvalue weighted by atomic mass is 32.2. The van der Waals surface area contributed by atoms with Crippen LogP contribution in [-0.4, -0.2) is 76.4 Å². The number of hydrogen-bond donors (Lipinski definition) is 2. The number of nitrogens with one attached hydrogen (secondary N) is 1. The topological polar surface area (TPSA) is 107 Å². The van der Waals surface area contributed by atoms with E-state index in [-0.39, 0.29) is 58.4 Å². The third-order valence-corrected chi connectivity index (χ3v) is 7.98. The Kier molecular flexibility index (Phi) is 6.62. The van der Waals surface area contributed by atoms with E-state index in [0.29, 0.717) is 30.7 Å². The van der Waals surface area contributed by atoms with Crippen LogP contribution in [0.15, 0.2) is 10.6 Å². The molecule has 0 aromatic rings. The molecule has 6 atom stereocenters. The van der Waals surface area contributed by atoms with Gasteiger partial charge in [0.1, 0.15) is 11.5 Å². The Morgan fingerprint density at radius 3 is 2.57 bits per heavy atom. The van der Waals surface area contributed by atoms with Crippen molar-refractivity contribution in [3.63, 3.8) is 0 Å². The predicted molar refractivity (Wildman–Crippen MR) is 114 cm³/mol. The molecule has 3 aliphatic rings. The van der Waals surface area contributed by atoms with Crippen LogP contribution in [0, 0.1) is 17.8 Å². The molecule has 3 heterocycles. The zero-order valence-electron chi connectivity index (χ0n) is 18.2. The quantitative estimate of drug-likeness (QED) is 0.552. The molecule has 3 rings (SSSR count). The molecule has 0 bridgehead atoms. The Morgan fingerprint density at radius 1 is 1.33 bits per heavy atom. The Balaban J connectivity index is 1.76.